The van der Waals surface area contributed by atoms with E-state index in [1.165, 1.54) is 12.8 Å². The highest BCUT2D eigenvalue weighted by atomic mass is 16.1. The lowest BCUT2D eigenvalue weighted by molar-refractivity contribution is -0.120. The summed E-state index contributed by atoms with van der Waals surface area (Å²) in [5.41, 5.74) is 6.53. The van der Waals surface area contributed by atoms with Crippen LogP contribution in [0.3, 0.4) is 0 Å². The first-order valence-electron chi connectivity index (χ1n) is 7.29. The number of aromatic nitrogens is 1. The number of amides is 1. The van der Waals surface area contributed by atoms with Crippen molar-refractivity contribution in [2.75, 3.05) is 20.1 Å². The van der Waals surface area contributed by atoms with Crippen LogP contribution in [0, 0.1) is 0 Å². The molecule has 1 atom stereocenters. The van der Waals surface area contributed by atoms with E-state index in [2.05, 4.69) is 22.2 Å². The predicted molar refractivity (Wildman–Crippen MR) is 79.2 cm³/mol. The van der Waals surface area contributed by atoms with Gasteiger partial charge in [0.2, 0.25) is 5.91 Å². The van der Waals surface area contributed by atoms with Crippen molar-refractivity contribution in [1.29, 1.82) is 0 Å². The lowest BCUT2D eigenvalue weighted by Gasteiger charge is -2.20. The second-order valence-electron chi connectivity index (χ2n) is 5.56. The molecule has 0 radical (unpaired) electrons. The van der Waals surface area contributed by atoms with E-state index in [-0.39, 0.29) is 11.9 Å². The van der Waals surface area contributed by atoms with Gasteiger partial charge >= 0.3 is 0 Å². The highest BCUT2D eigenvalue weighted by molar-refractivity contribution is 5.79. The van der Waals surface area contributed by atoms with Gasteiger partial charge in [0.1, 0.15) is 0 Å². The van der Waals surface area contributed by atoms with Crippen LogP contribution in [-0.4, -0.2) is 48.0 Å². The highest BCUT2D eigenvalue weighted by Gasteiger charge is 2.27. The van der Waals surface area contributed by atoms with Crippen LogP contribution in [0.2, 0.25) is 0 Å². The van der Waals surface area contributed by atoms with Crippen molar-refractivity contribution >= 4 is 5.91 Å². The topological polar surface area (TPSA) is 71.2 Å². The standard InChI is InChI=1S/C15H24N4O/c1-19(10-7-12-4-2-3-9-17-12)11-8-14(15(16)20)18-13-5-6-13/h2-4,9,13-14,18H,5-8,10-11H2,1H3,(H2,16,20). The third-order valence-electron chi connectivity index (χ3n) is 3.63. The van der Waals surface area contributed by atoms with E-state index in [0.717, 1.165) is 31.6 Å². The fourth-order valence-corrected chi connectivity index (χ4v) is 2.15. The SMILES string of the molecule is CN(CCc1ccccn1)CCC(NC1CC1)C(N)=O. The Hall–Kier alpha value is -1.46. The van der Waals surface area contributed by atoms with Gasteiger partial charge in [0, 0.05) is 30.9 Å². The van der Waals surface area contributed by atoms with E-state index in [0.29, 0.717) is 6.04 Å². The molecule has 0 aromatic carbocycles. The van der Waals surface area contributed by atoms with Crippen LogP contribution in [0.5, 0.6) is 0 Å². The third-order valence-corrected chi connectivity index (χ3v) is 3.63. The van der Waals surface area contributed by atoms with E-state index in [1.54, 1.807) is 0 Å². The van der Waals surface area contributed by atoms with Crippen molar-refractivity contribution in [3.05, 3.63) is 30.1 Å². The maximum atomic E-state index is 11.4. The zero-order chi connectivity index (χ0) is 14.4. The predicted octanol–water partition coefficient (Wildman–Crippen LogP) is 0.552. The number of nitrogens with zero attached hydrogens (tertiary/aromatic N) is 2. The molecule has 1 aliphatic rings. The minimum Gasteiger partial charge on any atom is -0.368 e. The molecule has 0 spiro atoms. The van der Waals surface area contributed by atoms with Crippen LogP contribution in [-0.2, 0) is 11.2 Å². The van der Waals surface area contributed by atoms with Gasteiger partial charge in [-0.2, -0.15) is 0 Å². The minimum absolute atomic E-state index is 0.195. The number of nitrogens with two attached hydrogens (primary N) is 1. The molecule has 5 heteroatoms. The Kier molecular flexibility index (Phi) is 5.49. The summed E-state index contributed by atoms with van der Waals surface area (Å²) in [5.74, 6) is -0.241. The fraction of sp³-hybridized carbons (Fsp3) is 0.600. The molecule has 110 valence electrons. The van der Waals surface area contributed by atoms with Crippen LogP contribution in [0.25, 0.3) is 0 Å². The van der Waals surface area contributed by atoms with Gasteiger partial charge in [0.25, 0.3) is 0 Å². The molecule has 5 nitrogen and oxygen atoms in total. The Bertz CT molecular complexity index is 419. The van der Waals surface area contributed by atoms with Crippen molar-refractivity contribution in [2.45, 2.75) is 37.8 Å². The largest absolute Gasteiger partial charge is 0.368 e. The average molecular weight is 276 g/mol. The number of rotatable bonds is 9. The van der Waals surface area contributed by atoms with Crippen molar-refractivity contribution in [2.24, 2.45) is 5.73 Å². The molecule has 20 heavy (non-hydrogen) atoms. The summed E-state index contributed by atoms with van der Waals surface area (Å²) in [6.45, 7) is 1.80. The molecule has 1 heterocycles. The zero-order valence-electron chi connectivity index (χ0n) is 12.1. The number of nitrogens with one attached hydrogen (secondary N) is 1. The Morgan fingerprint density at radius 1 is 1.50 bits per heavy atom. The first kappa shape index (κ1) is 14.9. The molecule has 1 aliphatic carbocycles. The molecule has 0 saturated heterocycles. The number of pyridine rings is 1. The maximum Gasteiger partial charge on any atom is 0.234 e. The molecule has 1 amide bonds. The molecule has 0 bridgehead atoms. The number of hydrogen-bond donors (Lipinski definition) is 2. The van der Waals surface area contributed by atoms with Crippen molar-refractivity contribution < 1.29 is 4.79 Å². The summed E-state index contributed by atoms with van der Waals surface area (Å²) in [4.78, 5) is 17.9. The second kappa shape index (κ2) is 7.36. The van der Waals surface area contributed by atoms with Gasteiger partial charge in [-0.25, -0.2) is 0 Å². The lowest BCUT2D eigenvalue weighted by Crippen LogP contribution is -2.44. The molecule has 1 aromatic rings. The average Bonchev–Trinajstić information content (AvgIpc) is 3.26. The van der Waals surface area contributed by atoms with Crippen LogP contribution in [0.15, 0.2) is 24.4 Å². The van der Waals surface area contributed by atoms with Gasteiger partial charge in [-0.3, -0.25) is 9.78 Å². The van der Waals surface area contributed by atoms with Crippen molar-refractivity contribution in [3.8, 4) is 0 Å². The quantitative estimate of drug-likeness (QED) is 0.691. The van der Waals surface area contributed by atoms with Gasteiger partial charge < -0.3 is 16.0 Å². The van der Waals surface area contributed by atoms with Gasteiger partial charge in [0.15, 0.2) is 0 Å². The van der Waals surface area contributed by atoms with Gasteiger partial charge in [0.05, 0.1) is 6.04 Å². The molecule has 3 N–H and O–H groups in total. The van der Waals surface area contributed by atoms with E-state index in [4.69, 9.17) is 5.73 Å². The summed E-state index contributed by atoms with van der Waals surface area (Å²) in [6, 6.07) is 6.28. The Balaban J connectivity index is 1.67. The first-order valence-corrected chi connectivity index (χ1v) is 7.29. The van der Waals surface area contributed by atoms with Crippen molar-refractivity contribution in [1.82, 2.24) is 15.2 Å². The number of hydrogen-bond acceptors (Lipinski definition) is 4. The van der Waals surface area contributed by atoms with E-state index in [9.17, 15) is 4.79 Å². The Labute approximate surface area is 120 Å². The van der Waals surface area contributed by atoms with Crippen LogP contribution in [0.1, 0.15) is 25.0 Å². The van der Waals surface area contributed by atoms with Crippen LogP contribution in [0.4, 0.5) is 0 Å². The smallest absolute Gasteiger partial charge is 0.234 e. The molecule has 1 unspecified atom stereocenters. The summed E-state index contributed by atoms with van der Waals surface area (Å²) >= 11 is 0. The maximum absolute atomic E-state index is 11.4. The van der Waals surface area contributed by atoms with Gasteiger partial charge in [-0.1, -0.05) is 6.07 Å². The number of likely N-dealkylation sites (N-methyl/N-ethyl adjacent to an activating group) is 1. The minimum atomic E-state index is -0.241. The zero-order valence-corrected chi connectivity index (χ0v) is 12.1. The Morgan fingerprint density at radius 3 is 2.90 bits per heavy atom. The van der Waals surface area contributed by atoms with Gasteiger partial charge in [-0.15, -0.1) is 0 Å². The van der Waals surface area contributed by atoms with E-state index < -0.39 is 0 Å². The monoisotopic (exact) mass is 276 g/mol. The molecule has 2 rings (SSSR count). The molecular weight excluding hydrogens is 252 g/mol. The lowest BCUT2D eigenvalue weighted by atomic mass is 10.1. The van der Waals surface area contributed by atoms with Crippen LogP contribution < -0.4 is 11.1 Å². The number of carbonyl (C=O) groups is 1. The Morgan fingerprint density at radius 2 is 2.30 bits per heavy atom. The summed E-state index contributed by atoms with van der Waals surface area (Å²) in [6.07, 6.45) is 5.84. The molecule has 0 aliphatic heterocycles. The molecular formula is C15H24N4O. The van der Waals surface area contributed by atoms with E-state index in [1.807, 2.05) is 24.4 Å². The number of primary amides is 1. The molecule has 1 saturated carbocycles. The summed E-state index contributed by atoms with van der Waals surface area (Å²) in [5, 5.41) is 3.31. The first-order chi connectivity index (χ1) is 9.65. The summed E-state index contributed by atoms with van der Waals surface area (Å²) in [7, 11) is 2.07. The fourth-order valence-electron chi connectivity index (χ4n) is 2.15. The highest BCUT2D eigenvalue weighted by Crippen LogP contribution is 2.19. The van der Waals surface area contributed by atoms with Gasteiger partial charge in [-0.05, 0) is 45.0 Å². The molecule has 1 aromatic heterocycles. The summed E-state index contributed by atoms with van der Waals surface area (Å²) < 4.78 is 0. The normalized spacial score (nSPS) is 16.3. The second-order valence-corrected chi connectivity index (χ2v) is 5.56. The molecule has 1 fully saturated rings. The third kappa shape index (κ3) is 5.27. The number of carbonyl (C=O) groups excluding carboxylic acids is 1. The van der Waals surface area contributed by atoms with Crippen LogP contribution >= 0.6 is 0 Å². The van der Waals surface area contributed by atoms with Crippen molar-refractivity contribution in [3.63, 3.8) is 0 Å². The van der Waals surface area contributed by atoms with E-state index >= 15 is 0 Å².